The summed E-state index contributed by atoms with van der Waals surface area (Å²) in [6.07, 6.45) is 9.91. The Balaban J connectivity index is 2.13. The lowest BCUT2D eigenvalue weighted by atomic mass is 9.56. The predicted octanol–water partition coefficient (Wildman–Crippen LogP) is 4.78. The molecule has 0 N–H and O–H groups in total. The van der Waals surface area contributed by atoms with Gasteiger partial charge in [-0.15, -0.1) is 0 Å². The van der Waals surface area contributed by atoms with Crippen LogP contribution in [-0.4, -0.2) is 0 Å². The van der Waals surface area contributed by atoms with Crippen LogP contribution in [0.2, 0.25) is 0 Å². The van der Waals surface area contributed by atoms with Crippen LogP contribution in [0.3, 0.4) is 0 Å². The van der Waals surface area contributed by atoms with Gasteiger partial charge in [-0.3, -0.25) is 0 Å². The fourth-order valence-electron chi connectivity index (χ4n) is 4.44. The van der Waals surface area contributed by atoms with Crippen LogP contribution in [0.4, 0.5) is 0 Å². The Morgan fingerprint density at radius 2 is 2.12 bits per heavy atom. The average Bonchev–Trinajstić information content (AvgIpc) is 2.38. The van der Waals surface area contributed by atoms with Crippen molar-refractivity contribution in [1.29, 1.82) is 0 Å². The molecule has 1 saturated carbocycles. The largest absolute Gasteiger partial charge is 0.0645 e. The summed E-state index contributed by atoms with van der Waals surface area (Å²) in [7, 11) is 0. The Hall–Kier alpha value is -0.780. The Bertz CT molecular complexity index is 418. The fraction of sp³-hybridized carbons (Fsp3) is 0.647. The maximum Gasteiger partial charge on any atom is -0.00184 e. The molecule has 2 atom stereocenters. The molecule has 1 unspecified atom stereocenters. The van der Waals surface area contributed by atoms with Crippen molar-refractivity contribution in [3.05, 3.63) is 34.9 Å². The summed E-state index contributed by atoms with van der Waals surface area (Å²) in [5.41, 5.74) is 5.35. The zero-order valence-electron chi connectivity index (χ0n) is 11.3. The number of rotatable bonds is 1. The van der Waals surface area contributed by atoms with Crippen molar-refractivity contribution < 1.29 is 0 Å². The van der Waals surface area contributed by atoms with E-state index < -0.39 is 0 Å². The van der Waals surface area contributed by atoms with Crippen LogP contribution in [0.15, 0.2) is 18.2 Å². The highest BCUT2D eigenvalue weighted by molar-refractivity contribution is 5.41. The lowest BCUT2D eigenvalue weighted by Gasteiger charge is -2.48. The maximum atomic E-state index is 2.50. The lowest BCUT2D eigenvalue weighted by Crippen LogP contribution is -2.41. The van der Waals surface area contributed by atoms with Crippen molar-refractivity contribution in [2.24, 2.45) is 5.92 Å². The molecule has 0 saturated heterocycles. The van der Waals surface area contributed by atoms with Crippen molar-refractivity contribution >= 4 is 0 Å². The van der Waals surface area contributed by atoms with E-state index in [0.29, 0.717) is 5.41 Å². The van der Waals surface area contributed by atoms with Gasteiger partial charge in [0.2, 0.25) is 0 Å². The summed E-state index contributed by atoms with van der Waals surface area (Å²) < 4.78 is 0. The van der Waals surface area contributed by atoms with Gasteiger partial charge in [-0.2, -0.15) is 0 Å². The summed E-state index contributed by atoms with van der Waals surface area (Å²) >= 11 is 0. The van der Waals surface area contributed by atoms with Crippen LogP contribution in [0.25, 0.3) is 0 Å². The second-order valence-corrected chi connectivity index (χ2v) is 6.15. The standard InChI is InChI=1S/C17H24/c1-3-17-11-5-4-6-15(17)10-9-14-8-7-13(2)12-16(14)17/h7-8,12,15H,3-6,9-11H2,1-2H3/t15?,17-/m1/s1. The van der Waals surface area contributed by atoms with Gasteiger partial charge in [-0.05, 0) is 61.5 Å². The molecule has 2 aliphatic carbocycles. The number of aryl methyl sites for hydroxylation is 2. The van der Waals surface area contributed by atoms with Crippen LogP contribution in [0.5, 0.6) is 0 Å². The van der Waals surface area contributed by atoms with E-state index in [1.807, 2.05) is 0 Å². The minimum atomic E-state index is 0.540. The molecule has 0 amide bonds. The molecule has 0 spiro atoms. The van der Waals surface area contributed by atoms with Crippen molar-refractivity contribution in [3.8, 4) is 0 Å². The third-order valence-electron chi connectivity index (χ3n) is 5.40. The first kappa shape index (κ1) is 11.3. The van der Waals surface area contributed by atoms with E-state index in [-0.39, 0.29) is 0 Å². The van der Waals surface area contributed by atoms with Crippen molar-refractivity contribution in [1.82, 2.24) is 0 Å². The molecule has 0 bridgehead atoms. The molecule has 0 aromatic heterocycles. The quantitative estimate of drug-likeness (QED) is 0.649. The van der Waals surface area contributed by atoms with E-state index in [4.69, 9.17) is 0 Å². The molecular weight excluding hydrogens is 204 g/mol. The Labute approximate surface area is 105 Å². The minimum Gasteiger partial charge on any atom is -0.0645 e. The van der Waals surface area contributed by atoms with Gasteiger partial charge in [0, 0.05) is 0 Å². The van der Waals surface area contributed by atoms with Crippen molar-refractivity contribution in [2.45, 2.75) is 64.2 Å². The monoisotopic (exact) mass is 228 g/mol. The molecule has 1 aromatic rings. The maximum absolute atomic E-state index is 2.50. The normalized spacial score (nSPS) is 31.8. The molecule has 2 aliphatic rings. The molecule has 0 nitrogen and oxygen atoms in total. The number of benzene rings is 1. The molecule has 3 rings (SSSR count). The second-order valence-electron chi connectivity index (χ2n) is 6.15. The second kappa shape index (κ2) is 4.15. The van der Waals surface area contributed by atoms with Crippen molar-refractivity contribution in [3.63, 3.8) is 0 Å². The molecule has 0 radical (unpaired) electrons. The Kier molecular flexibility index (Phi) is 2.77. The highest BCUT2D eigenvalue weighted by Gasteiger charge is 2.43. The first-order valence-corrected chi connectivity index (χ1v) is 7.36. The molecule has 92 valence electrons. The number of hydrogen-bond acceptors (Lipinski definition) is 0. The highest BCUT2D eigenvalue weighted by Crippen LogP contribution is 2.52. The Morgan fingerprint density at radius 1 is 1.24 bits per heavy atom. The first-order valence-electron chi connectivity index (χ1n) is 7.36. The zero-order chi connectivity index (χ0) is 11.9. The van der Waals surface area contributed by atoms with E-state index in [2.05, 4.69) is 32.0 Å². The Morgan fingerprint density at radius 3 is 2.94 bits per heavy atom. The number of hydrogen-bond donors (Lipinski definition) is 0. The molecule has 0 aliphatic heterocycles. The van der Waals surface area contributed by atoms with Gasteiger partial charge < -0.3 is 0 Å². The summed E-state index contributed by atoms with van der Waals surface area (Å²) in [5.74, 6) is 0.968. The smallest absolute Gasteiger partial charge is 0.00184 e. The SMILES string of the molecule is CC[C@@]12CCCCC1CCc1ccc(C)cc12. The molecule has 0 heteroatoms. The fourth-order valence-corrected chi connectivity index (χ4v) is 4.44. The van der Waals surface area contributed by atoms with Gasteiger partial charge in [-0.25, -0.2) is 0 Å². The molecular formula is C17H24. The van der Waals surface area contributed by atoms with E-state index in [1.165, 1.54) is 50.5 Å². The lowest BCUT2D eigenvalue weighted by molar-refractivity contribution is 0.153. The van der Waals surface area contributed by atoms with E-state index >= 15 is 0 Å². The van der Waals surface area contributed by atoms with Gasteiger partial charge in [0.15, 0.2) is 0 Å². The summed E-state index contributed by atoms with van der Waals surface area (Å²) in [4.78, 5) is 0. The van der Waals surface area contributed by atoms with Gasteiger partial charge >= 0.3 is 0 Å². The first-order chi connectivity index (χ1) is 8.26. The van der Waals surface area contributed by atoms with Crippen LogP contribution < -0.4 is 0 Å². The van der Waals surface area contributed by atoms with Crippen LogP contribution >= 0.6 is 0 Å². The zero-order valence-corrected chi connectivity index (χ0v) is 11.3. The molecule has 0 heterocycles. The van der Waals surface area contributed by atoms with E-state index in [9.17, 15) is 0 Å². The predicted molar refractivity (Wildman–Crippen MR) is 73.4 cm³/mol. The third-order valence-corrected chi connectivity index (χ3v) is 5.40. The minimum absolute atomic E-state index is 0.540. The highest BCUT2D eigenvalue weighted by atomic mass is 14.5. The van der Waals surface area contributed by atoms with Crippen LogP contribution in [0.1, 0.15) is 62.1 Å². The van der Waals surface area contributed by atoms with Gasteiger partial charge in [0.05, 0.1) is 0 Å². The van der Waals surface area contributed by atoms with Gasteiger partial charge in [-0.1, -0.05) is 43.5 Å². The van der Waals surface area contributed by atoms with Gasteiger partial charge in [0.1, 0.15) is 0 Å². The summed E-state index contributed by atoms with van der Waals surface area (Å²) in [6.45, 7) is 4.66. The van der Waals surface area contributed by atoms with E-state index in [1.54, 1.807) is 11.1 Å². The van der Waals surface area contributed by atoms with Gasteiger partial charge in [0.25, 0.3) is 0 Å². The third kappa shape index (κ3) is 1.64. The molecule has 1 aromatic carbocycles. The van der Waals surface area contributed by atoms with Crippen LogP contribution in [0, 0.1) is 12.8 Å². The van der Waals surface area contributed by atoms with E-state index in [0.717, 1.165) is 5.92 Å². The molecule has 17 heavy (non-hydrogen) atoms. The average molecular weight is 228 g/mol. The summed E-state index contributed by atoms with van der Waals surface area (Å²) in [5, 5.41) is 0. The van der Waals surface area contributed by atoms with Crippen LogP contribution in [-0.2, 0) is 11.8 Å². The topological polar surface area (TPSA) is 0 Å². The summed E-state index contributed by atoms with van der Waals surface area (Å²) in [6, 6.07) is 7.19. The van der Waals surface area contributed by atoms with Crippen molar-refractivity contribution in [2.75, 3.05) is 0 Å². The molecule has 1 fully saturated rings. The number of fused-ring (bicyclic) bond motifs is 3.